The van der Waals surface area contributed by atoms with Gasteiger partial charge in [0.15, 0.2) is 5.82 Å². The molecule has 2 rings (SSSR count). The Hall–Kier alpha value is -1.44. The average Bonchev–Trinajstić information content (AvgIpc) is 2.94. The first-order chi connectivity index (χ1) is 8.50. The Morgan fingerprint density at radius 2 is 2.11 bits per heavy atom. The molecule has 0 saturated heterocycles. The van der Waals surface area contributed by atoms with Crippen LogP contribution in [0.5, 0.6) is 0 Å². The molecule has 0 aliphatic rings. The molecule has 2 aromatic heterocycles. The molecular weight excluding hydrogens is 252 g/mol. The molecule has 8 heteroatoms. The fourth-order valence-electron chi connectivity index (χ4n) is 1.31. The summed E-state index contributed by atoms with van der Waals surface area (Å²) < 4.78 is 6.91. The molecule has 0 aliphatic heterocycles. The molecule has 0 aromatic carbocycles. The minimum absolute atomic E-state index is 0.144. The number of hydrogen-bond acceptors (Lipinski definition) is 7. The van der Waals surface area contributed by atoms with Crippen molar-refractivity contribution in [2.75, 3.05) is 0 Å². The molecule has 7 nitrogen and oxygen atoms in total. The quantitative estimate of drug-likeness (QED) is 0.780. The molecule has 2 aromatic rings. The molecule has 0 N–H and O–H groups in total. The van der Waals surface area contributed by atoms with Crippen LogP contribution in [0, 0.1) is 0 Å². The number of nitrogens with zero attached hydrogens (tertiary/aromatic N) is 6. The predicted octanol–water partition coefficient (Wildman–Crippen LogP) is 1.67. The van der Waals surface area contributed by atoms with E-state index in [0.717, 1.165) is 17.4 Å². The fraction of sp³-hybridized carbons (Fsp3) is 0.700. The summed E-state index contributed by atoms with van der Waals surface area (Å²) in [6, 6.07) is 0. The van der Waals surface area contributed by atoms with Crippen LogP contribution in [0.25, 0.3) is 0 Å². The number of thioether (sulfide) groups is 1. The number of hydrogen-bond donors (Lipinski definition) is 0. The summed E-state index contributed by atoms with van der Waals surface area (Å²) >= 11 is 1.49. The van der Waals surface area contributed by atoms with E-state index in [1.165, 1.54) is 11.8 Å². The number of rotatable bonds is 4. The van der Waals surface area contributed by atoms with E-state index in [1.54, 1.807) is 4.68 Å². The van der Waals surface area contributed by atoms with Crippen LogP contribution in [-0.4, -0.2) is 30.3 Å². The molecule has 0 amide bonds. The third-order valence-electron chi connectivity index (χ3n) is 2.23. The normalized spacial score (nSPS) is 12.0. The largest absolute Gasteiger partial charge is 0.338 e. The summed E-state index contributed by atoms with van der Waals surface area (Å²) in [6.45, 7) is 8.14. The summed E-state index contributed by atoms with van der Waals surface area (Å²) in [5.74, 6) is 1.89. The molecule has 0 spiro atoms. The van der Waals surface area contributed by atoms with Crippen molar-refractivity contribution in [1.29, 1.82) is 0 Å². The van der Waals surface area contributed by atoms with E-state index in [-0.39, 0.29) is 5.54 Å². The van der Waals surface area contributed by atoms with E-state index in [2.05, 4.69) is 46.4 Å². The second-order valence-electron chi connectivity index (χ2n) is 4.79. The Labute approximate surface area is 109 Å². The van der Waals surface area contributed by atoms with Crippen LogP contribution < -0.4 is 0 Å². The molecule has 0 unspecified atom stereocenters. The summed E-state index contributed by atoms with van der Waals surface area (Å²) in [7, 11) is 0. The zero-order chi connectivity index (χ0) is 13.2. The van der Waals surface area contributed by atoms with E-state index in [1.807, 2.05) is 6.92 Å². The minimum atomic E-state index is -0.144. The zero-order valence-electron chi connectivity index (χ0n) is 10.9. The Bertz CT molecular complexity index is 514. The highest BCUT2D eigenvalue weighted by atomic mass is 32.2. The standard InChI is InChI=1S/C10H16N6OS/c1-5-7-11-8(17-13-7)6-18-9-12-14-15-16(9)10(2,3)4/h5-6H2,1-4H3. The summed E-state index contributed by atoms with van der Waals surface area (Å²) in [6.07, 6.45) is 0.772. The van der Waals surface area contributed by atoms with Crippen LogP contribution in [0.4, 0.5) is 0 Å². The lowest BCUT2D eigenvalue weighted by Gasteiger charge is -2.19. The zero-order valence-corrected chi connectivity index (χ0v) is 11.7. The topological polar surface area (TPSA) is 82.5 Å². The van der Waals surface area contributed by atoms with Crippen molar-refractivity contribution >= 4 is 11.8 Å². The van der Waals surface area contributed by atoms with Gasteiger partial charge in [-0.2, -0.15) is 4.98 Å². The lowest BCUT2D eigenvalue weighted by Crippen LogP contribution is -2.24. The van der Waals surface area contributed by atoms with Crippen LogP contribution in [0.1, 0.15) is 39.4 Å². The van der Waals surface area contributed by atoms with E-state index >= 15 is 0 Å². The maximum atomic E-state index is 5.12. The van der Waals surface area contributed by atoms with Gasteiger partial charge in [-0.05, 0) is 31.2 Å². The number of aromatic nitrogens is 6. The van der Waals surface area contributed by atoms with Crippen LogP contribution in [0.15, 0.2) is 9.68 Å². The first-order valence-electron chi connectivity index (χ1n) is 5.74. The first-order valence-corrected chi connectivity index (χ1v) is 6.72. The third kappa shape index (κ3) is 2.87. The smallest absolute Gasteiger partial charge is 0.237 e. The fourth-order valence-corrected chi connectivity index (χ4v) is 2.21. The molecule has 0 radical (unpaired) electrons. The van der Waals surface area contributed by atoms with Gasteiger partial charge in [0.05, 0.1) is 11.3 Å². The van der Waals surface area contributed by atoms with E-state index in [9.17, 15) is 0 Å². The van der Waals surface area contributed by atoms with Crippen molar-refractivity contribution in [3.05, 3.63) is 11.7 Å². The van der Waals surface area contributed by atoms with Gasteiger partial charge in [-0.25, -0.2) is 4.68 Å². The van der Waals surface area contributed by atoms with Crippen molar-refractivity contribution < 1.29 is 4.52 Å². The van der Waals surface area contributed by atoms with Crippen LogP contribution in [-0.2, 0) is 17.7 Å². The highest BCUT2D eigenvalue weighted by Crippen LogP contribution is 2.23. The Balaban J connectivity index is 2.04. The van der Waals surface area contributed by atoms with E-state index < -0.39 is 0 Å². The maximum Gasteiger partial charge on any atom is 0.237 e. The van der Waals surface area contributed by atoms with Crippen molar-refractivity contribution in [2.45, 2.75) is 50.6 Å². The summed E-state index contributed by atoms with van der Waals surface area (Å²) in [5, 5.41) is 16.3. The monoisotopic (exact) mass is 268 g/mol. The highest BCUT2D eigenvalue weighted by Gasteiger charge is 2.20. The third-order valence-corrected chi connectivity index (χ3v) is 3.13. The second-order valence-corrected chi connectivity index (χ2v) is 5.73. The predicted molar refractivity (Wildman–Crippen MR) is 66.1 cm³/mol. The van der Waals surface area contributed by atoms with E-state index in [4.69, 9.17) is 4.52 Å². The van der Waals surface area contributed by atoms with Gasteiger partial charge in [-0.1, -0.05) is 23.8 Å². The van der Waals surface area contributed by atoms with Crippen molar-refractivity contribution in [2.24, 2.45) is 0 Å². The molecule has 0 fully saturated rings. The lowest BCUT2D eigenvalue weighted by atomic mass is 10.1. The van der Waals surface area contributed by atoms with Gasteiger partial charge in [0.25, 0.3) is 0 Å². The number of tetrazole rings is 1. The van der Waals surface area contributed by atoms with Crippen molar-refractivity contribution in [3.8, 4) is 0 Å². The van der Waals surface area contributed by atoms with E-state index in [0.29, 0.717) is 11.6 Å². The maximum absolute atomic E-state index is 5.12. The number of aryl methyl sites for hydroxylation is 1. The van der Waals surface area contributed by atoms with Gasteiger partial charge in [0.1, 0.15) is 0 Å². The van der Waals surface area contributed by atoms with Crippen molar-refractivity contribution in [1.82, 2.24) is 30.3 Å². The molecular formula is C10H16N6OS. The molecule has 0 atom stereocenters. The Morgan fingerprint density at radius 1 is 1.33 bits per heavy atom. The molecule has 0 saturated carbocycles. The Morgan fingerprint density at radius 3 is 2.72 bits per heavy atom. The van der Waals surface area contributed by atoms with Crippen LogP contribution >= 0.6 is 11.8 Å². The Kier molecular flexibility index (Phi) is 3.65. The van der Waals surface area contributed by atoms with Crippen LogP contribution in [0.2, 0.25) is 0 Å². The second kappa shape index (κ2) is 5.05. The summed E-state index contributed by atoms with van der Waals surface area (Å²) in [5.41, 5.74) is -0.144. The highest BCUT2D eigenvalue weighted by molar-refractivity contribution is 7.98. The molecule has 0 aliphatic carbocycles. The first kappa shape index (κ1) is 13.0. The summed E-state index contributed by atoms with van der Waals surface area (Å²) in [4.78, 5) is 4.24. The SMILES string of the molecule is CCc1noc(CSc2nnnn2C(C)(C)C)n1. The lowest BCUT2D eigenvalue weighted by molar-refractivity contribution is 0.321. The minimum Gasteiger partial charge on any atom is -0.338 e. The average molecular weight is 268 g/mol. The molecule has 0 bridgehead atoms. The van der Waals surface area contributed by atoms with Crippen LogP contribution in [0.3, 0.4) is 0 Å². The van der Waals surface area contributed by atoms with Gasteiger partial charge in [0.2, 0.25) is 11.0 Å². The van der Waals surface area contributed by atoms with Gasteiger partial charge < -0.3 is 4.52 Å². The van der Waals surface area contributed by atoms with Crippen molar-refractivity contribution in [3.63, 3.8) is 0 Å². The molecule has 98 valence electrons. The van der Waals surface area contributed by atoms with Gasteiger partial charge in [0, 0.05) is 6.42 Å². The van der Waals surface area contributed by atoms with Gasteiger partial charge in [-0.3, -0.25) is 0 Å². The van der Waals surface area contributed by atoms with Gasteiger partial charge in [-0.15, -0.1) is 5.10 Å². The molecule has 18 heavy (non-hydrogen) atoms. The van der Waals surface area contributed by atoms with Gasteiger partial charge >= 0.3 is 0 Å². The molecule has 2 heterocycles.